The van der Waals surface area contributed by atoms with Crippen molar-refractivity contribution >= 4 is 40.3 Å². The zero-order valence-corrected chi connectivity index (χ0v) is 21.7. The van der Waals surface area contributed by atoms with Crippen LogP contribution < -0.4 is 14.2 Å². The summed E-state index contributed by atoms with van der Waals surface area (Å²) in [6.07, 6.45) is 1.18. The summed E-state index contributed by atoms with van der Waals surface area (Å²) in [4.78, 5) is 13.5. The van der Waals surface area contributed by atoms with Gasteiger partial charge in [0.1, 0.15) is 0 Å². The summed E-state index contributed by atoms with van der Waals surface area (Å²) in [5, 5.41) is 2.36. The summed E-state index contributed by atoms with van der Waals surface area (Å²) in [6, 6.07) is 17.0. The molecule has 3 aromatic rings. The van der Waals surface area contributed by atoms with E-state index in [9.17, 15) is 4.79 Å². The highest BCUT2D eigenvalue weighted by atomic mass is 32.2. The van der Waals surface area contributed by atoms with E-state index in [1.807, 2.05) is 35.7 Å². The number of hydrogen-bond acceptors (Lipinski definition) is 7. The molecule has 3 atom stereocenters. The van der Waals surface area contributed by atoms with E-state index >= 15 is 0 Å². The molecule has 1 aliphatic carbocycles. The van der Waals surface area contributed by atoms with Crippen LogP contribution in [0.2, 0.25) is 0 Å². The number of benzene rings is 3. The highest BCUT2D eigenvalue weighted by molar-refractivity contribution is 8.18. The number of ether oxygens (including phenoxy) is 4. The van der Waals surface area contributed by atoms with Crippen LogP contribution in [0.5, 0.6) is 17.2 Å². The smallest absolute Gasteiger partial charge is 0.310 e. The molecule has 0 amide bonds. The standard InChI is InChI=1S/C28H28O5S2/c1-30-21-13-17(14-22(31-2)26(21)32-3)23-24-18-8-5-4-7-16(18)9-10-19(24)28(34-11-6-12-35-28)20-15-33-27(29)25(20)23/h4-5,7-10,13-14,20,23,25H,6,11-12,15H2,1-3H3/t20-,23-,25-/m0/s1. The molecule has 2 aliphatic heterocycles. The molecule has 2 heterocycles. The minimum Gasteiger partial charge on any atom is -0.493 e. The summed E-state index contributed by atoms with van der Waals surface area (Å²) in [5.41, 5.74) is 3.52. The summed E-state index contributed by atoms with van der Waals surface area (Å²) < 4.78 is 22.6. The summed E-state index contributed by atoms with van der Waals surface area (Å²) in [6.45, 7) is 0.455. The van der Waals surface area contributed by atoms with E-state index in [4.69, 9.17) is 18.9 Å². The SMILES string of the molecule is COc1cc([C@H]2c3c(ccc4ccccc34)C3(SCCCS3)[C@H]3COC(=O)[C@H]23)cc(OC)c1OC. The average molecular weight is 509 g/mol. The normalized spacial score (nSPS) is 24.5. The van der Waals surface area contributed by atoms with Crippen LogP contribution in [-0.2, 0) is 13.6 Å². The van der Waals surface area contributed by atoms with E-state index in [0.717, 1.165) is 17.1 Å². The van der Waals surface area contributed by atoms with Crippen LogP contribution >= 0.6 is 23.5 Å². The Morgan fingerprint density at radius 1 is 0.943 bits per heavy atom. The molecule has 3 aromatic carbocycles. The zero-order chi connectivity index (χ0) is 24.2. The monoisotopic (exact) mass is 508 g/mol. The predicted octanol–water partition coefficient (Wildman–Crippen LogP) is 5.82. The lowest BCUT2D eigenvalue weighted by molar-refractivity contribution is -0.141. The van der Waals surface area contributed by atoms with E-state index in [1.165, 1.54) is 28.3 Å². The number of cyclic esters (lactones) is 1. The largest absolute Gasteiger partial charge is 0.493 e. The maximum Gasteiger partial charge on any atom is 0.310 e. The number of rotatable bonds is 4. The Balaban J connectivity index is 1.68. The number of fused-ring (bicyclic) bond motifs is 6. The van der Waals surface area contributed by atoms with Gasteiger partial charge < -0.3 is 18.9 Å². The van der Waals surface area contributed by atoms with Crippen molar-refractivity contribution in [2.75, 3.05) is 39.4 Å². The highest BCUT2D eigenvalue weighted by Gasteiger charge is 2.60. The van der Waals surface area contributed by atoms with Crippen LogP contribution in [0, 0.1) is 11.8 Å². The van der Waals surface area contributed by atoms with Gasteiger partial charge in [0.2, 0.25) is 5.75 Å². The van der Waals surface area contributed by atoms with E-state index in [0.29, 0.717) is 23.9 Å². The summed E-state index contributed by atoms with van der Waals surface area (Å²) >= 11 is 3.99. The van der Waals surface area contributed by atoms with Crippen molar-refractivity contribution < 1.29 is 23.7 Å². The first kappa shape index (κ1) is 22.9. The van der Waals surface area contributed by atoms with E-state index in [2.05, 4.69) is 36.4 Å². The third kappa shape index (κ3) is 3.34. The fourth-order valence-electron chi connectivity index (χ4n) is 6.14. The van der Waals surface area contributed by atoms with Gasteiger partial charge in [-0.3, -0.25) is 4.79 Å². The molecule has 2 saturated heterocycles. The molecule has 1 spiro atoms. The van der Waals surface area contributed by atoms with E-state index in [-0.39, 0.29) is 27.8 Å². The zero-order valence-electron chi connectivity index (χ0n) is 20.0. The molecule has 0 N–H and O–H groups in total. The average Bonchev–Trinajstić information content (AvgIpc) is 3.30. The van der Waals surface area contributed by atoms with Gasteiger partial charge in [0, 0.05) is 11.8 Å². The summed E-state index contributed by atoms with van der Waals surface area (Å²) in [5.74, 6) is 3.42. The molecule has 0 bridgehead atoms. The molecule has 5 nitrogen and oxygen atoms in total. The molecule has 6 rings (SSSR count). The van der Waals surface area contributed by atoms with E-state index in [1.54, 1.807) is 21.3 Å². The van der Waals surface area contributed by atoms with Crippen molar-refractivity contribution in [3.05, 3.63) is 65.2 Å². The Labute approximate surface area is 213 Å². The molecule has 0 unspecified atom stereocenters. The molecule has 3 aliphatic rings. The van der Waals surface area contributed by atoms with Gasteiger partial charge in [-0.25, -0.2) is 0 Å². The molecule has 182 valence electrons. The van der Waals surface area contributed by atoms with Crippen LogP contribution in [0.25, 0.3) is 10.8 Å². The van der Waals surface area contributed by atoms with Crippen LogP contribution in [0.15, 0.2) is 48.5 Å². The first-order valence-corrected chi connectivity index (χ1v) is 13.9. The molecule has 0 radical (unpaired) electrons. The first-order chi connectivity index (χ1) is 17.1. The number of hydrogen-bond donors (Lipinski definition) is 0. The van der Waals surface area contributed by atoms with E-state index < -0.39 is 0 Å². The lowest BCUT2D eigenvalue weighted by Crippen LogP contribution is -2.44. The van der Waals surface area contributed by atoms with Gasteiger partial charge in [-0.15, -0.1) is 23.5 Å². The van der Waals surface area contributed by atoms with Crippen molar-refractivity contribution in [1.29, 1.82) is 0 Å². The number of carbonyl (C=O) groups excluding carboxylic acids is 1. The first-order valence-electron chi connectivity index (χ1n) is 11.9. The van der Waals surface area contributed by atoms with Gasteiger partial charge in [0.25, 0.3) is 0 Å². The number of esters is 1. The Morgan fingerprint density at radius 3 is 2.34 bits per heavy atom. The van der Waals surface area contributed by atoms with Crippen LogP contribution in [0.3, 0.4) is 0 Å². The number of thioether (sulfide) groups is 2. The lowest BCUT2D eigenvalue weighted by atomic mass is 9.66. The fourth-order valence-corrected chi connectivity index (χ4v) is 9.86. The van der Waals surface area contributed by atoms with Crippen LogP contribution in [-0.4, -0.2) is 45.4 Å². The van der Waals surface area contributed by atoms with Crippen molar-refractivity contribution in [2.45, 2.75) is 16.4 Å². The fraction of sp³-hybridized carbons (Fsp3) is 0.393. The van der Waals surface area contributed by atoms with Gasteiger partial charge in [-0.05, 0) is 57.5 Å². The molecule has 0 aromatic heterocycles. The molecule has 35 heavy (non-hydrogen) atoms. The Bertz CT molecular complexity index is 1270. The Hall–Kier alpha value is -2.51. The van der Waals surface area contributed by atoms with Crippen molar-refractivity contribution in [1.82, 2.24) is 0 Å². The van der Waals surface area contributed by atoms with Gasteiger partial charge >= 0.3 is 5.97 Å². The van der Waals surface area contributed by atoms with Crippen molar-refractivity contribution in [3.8, 4) is 17.2 Å². The van der Waals surface area contributed by atoms with Gasteiger partial charge in [0.05, 0.1) is 37.9 Å². The maximum absolute atomic E-state index is 13.5. The molecule has 7 heteroatoms. The molecular weight excluding hydrogens is 480 g/mol. The van der Waals surface area contributed by atoms with Gasteiger partial charge in [-0.2, -0.15) is 0 Å². The second kappa shape index (κ2) is 8.86. The van der Waals surface area contributed by atoms with Crippen molar-refractivity contribution in [2.24, 2.45) is 11.8 Å². The topological polar surface area (TPSA) is 54.0 Å². The Kier molecular flexibility index (Phi) is 5.80. The van der Waals surface area contributed by atoms with Crippen molar-refractivity contribution in [3.63, 3.8) is 0 Å². The predicted molar refractivity (Wildman–Crippen MR) is 141 cm³/mol. The maximum atomic E-state index is 13.5. The third-order valence-corrected chi connectivity index (χ3v) is 11.2. The molecule has 2 fully saturated rings. The second-order valence-corrected chi connectivity index (χ2v) is 12.1. The van der Waals surface area contributed by atoms with Gasteiger partial charge in [-0.1, -0.05) is 36.4 Å². The summed E-state index contributed by atoms with van der Waals surface area (Å²) in [7, 11) is 4.86. The minimum atomic E-state index is -0.283. The highest BCUT2D eigenvalue weighted by Crippen LogP contribution is 2.66. The van der Waals surface area contributed by atoms with Crippen LogP contribution in [0.4, 0.5) is 0 Å². The molecule has 0 saturated carbocycles. The second-order valence-electron chi connectivity index (χ2n) is 9.16. The van der Waals surface area contributed by atoms with Gasteiger partial charge in [0.15, 0.2) is 11.5 Å². The lowest BCUT2D eigenvalue weighted by Gasteiger charge is -2.49. The minimum absolute atomic E-state index is 0.0862. The molecular formula is C28H28O5S2. The number of carbonyl (C=O) groups is 1. The quantitative estimate of drug-likeness (QED) is 0.412. The Morgan fingerprint density at radius 2 is 1.66 bits per heavy atom. The third-order valence-electron chi connectivity index (χ3n) is 7.58. The van der Waals surface area contributed by atoms with Crippen LogP contribution in [0.1, 0.15) is 29.0 Å². The number of methoxy groups -OCH3 is 3.